The predicted octanol–water partition coefficient (Wildman–Crippen LogP) is 1.20. The van der Waals surface area contributed by atoms with E-state index >= 15 is 0 Å². The summed E-state index contributed by atoms with van der Waals surface area (Å²) in [5, 5.41) is 3.90. The van der Waals surface area contributed by atoms with Gasteiger partial charge in [0.15, 0.2) is 0 Å². The third-order valence-electron chi connectivity index (χ3n) is 3.62. The van der Waals surface area contributed by atoms with Gasteiger partial charge < -0.3 is 4.90 Å². The van der Waals surface area contributed by atoms with Gasteiger partial charge in [-0.05, 0) is 25.1 Å². The van der Waals surface area contributed by atoms with Crippen LogP contribution in [0, 0.1) is 0 Å². The maximum absolute atomic E-state index is 12.7. The van der Waals surface area contributed by atoms with Crippen molar-refractivity contribution in [1.29, 1.82) is 0 Å². The summed E-state index contributed by atoms with van der Waals surface area (Å²) >= 11 is 4.62. The van der Waals surface area contributed by atoms with Gasteiger partial charge in [-0.15, -0.1) is 0 Å². The van der Waals surface area contributed by atoms with E-state index in [1.54, 1.807) is 4.90 Å². The smallest absolute Gasteiger partial charge is 0.291 e. The Balaban J connectivity index is 2.15. The van der Waals surface area contributed by atoms with Crippen molar-refractivity contribution in [2.75, 3.05) is 11.4 Å². The number of hydrogen-bond acceptors (Lipinski definition) is 5. The van der Waals surface area contributed by atoms with Crippen LogP contribution in [0.1, 0.15) is 12.5 Å². The Hall–Kier alpha value is -2.06. The first-order valence-corrected chi connectivity index (χ1v) is 8.21. The van der Waals surface area contributed by atoms with E-state index in [-0.39, 0.29) is 11.5 Å². The van der Waals surface area contributed by atoms with Crippen LogP contribution in [0.25, 0.3) is 10.5 Å². The standard InChI is InChI=1S/C14H9BrN4O2S/c1-2-18-9-4-3-7(15)5-8(9)10(12(18)20)11-13(21)19-14(22-11)16-6-17-19/h3-6H,2H2,1H3. The normalized spacial score (nSPS) is 16.6. The minimum atomic E-state index is -0.301. The summed E-state index contributed by atoms with van der Waals surface area (Å²) < 4.78 is 2.48. The van der Waals surface area contributed by atoms with Crippen LogP contribution < -0.4 is 15.0 Å². The van der Waals surface area contributed by atoms with Crippen molar-refractivity contribution >= 4 is 49.4 Å². The lowest BCUT2D eigenvalue weighted by Crippen LogP contribution is -2.32. The van der Waals surface area contributed by atoms with Crippen molar-refractivity contribution in [1.82, 2.24) is 14.6 Å². The Morgan fingerprint density at radius 3 is 2.86 bits per heavy atom. The molecule has 1 aromatic carbocycles. The molecule has 2 aromatic heterocycles. The largest absolute Gasteiger partial charge is 0.308 e. The molecule has 3 heterocycles. The number of carbonyl (C=O) groups excluding carboxylic acids is 1. The number of nitrogens with zero attached hydrogens (tertiary/aromatic N) is 4. The number of carbonyl (C=O) groups is 1. The molecule has 0 saturated heterocycles. The molecule has 22 heavy (non-hydrogen) atoms. The average Bonchev–Trinajstić information content (AvgIpc) is 3.13. The molecular formula is C14H9BrN4O2S. The Morgan fingerprint density at radius 1 is 1.32 bits per heavy atom. The predicted molar refractivity (Wildman–Crippen MR) is 87.0 cm³/mol. The molecule has 6 nitrogen and oxygen atoms in total. The van der Waals surface area contributed by atoms with Crippen molar-refractivity contribution in [3.8, 4) is 0 Å². The second-order valence-corrected chi connectivity index (χ2v) is 6.67. The molecule has 0 bridgehead atoms. The second-order valence-electron chi connectivity index (χ2n) is 4.78. The molecule has 0 unspecified atom stereocenters. The number of fused-ring (bicyclic) bond motifs is 2. The van der Waals surface area contributed by atoms with E-state index in [9.17, 15) is 9.59 Å². The first-order valence-electron chi connectivity index (χ1n) is 6.60. The minimum absolute atomic E-state index is 0.155. The number of hydrogen-bond donors (Lipinski definition) is 0. The van der Waals surface area contributed by atoms with Gasteiger partial charge in [0.1, 0.15) is 10.9 Å². The third-order valence-corrected chi connectivity index (χ3v) is 5.15. The van der Waals surface area contributed by atoms with Crippen LogP contribution in [0.15, 0.2) is 33.8 Å². The summed E-state index contributed by atoms with van der Waals surface area (Å²) in [6.07, 6.45) is 1.33. The van der Waals surface area contributed by atoms with Crippen molar-refractivity contribution in [2.24, 2.45) is 0 Å². The van der Waals surface area contributed by atoms with Gasteiger partial charge in [0, 0.05) is 16.6 Å². The number of rotatable bonds is 1. The quantitative estimate of drug-likeness (QED) is 0.639. The molecule has 1 aliphatic rings. The fourth-order valence-electron chi connectivity index (χ4n) is 2.67. The van der Waals surface area contributed by atoms with Crippen molar-refractivity contribution in [2.45, 2.75) is 6.92 Å². The first-order chi connectivity index (χ1) is 10.6. The van der Waals surface area contributed by atoms with Gasteiger partial charge in [0.2, 0.25) is 4.96 Å². The van der Waals surface area contributed by atoms with Crippen LogP contribution >= 0.6 is 27.3 Å². The van der Waals surface area contributed by atoms with Gasteiger partial charge >= 0.3 is 0 Å². The lowest BCUT2D eigenvalue weighted by molar-refractivity contribution is -0.113. The van der Waals surface area contributed by atoms with E-state index in [1.165, 1.54) is 22.2 Å². The lowest BCUT2D eigenvalue weighted by Gasteiger charge is -2.13. The third kappa shape index (κ3) is 1.71. The van der Waals surface area contributed by atoms with Gasteiger partial charge in [-0.3, -0.25) is 9.59 Å². The maximum Gasteiger partial charge on any atom is 0.291 e. The van der Waals surface area contributed by atoms with E-state index in [4.69, 9.17) is 0 Å². The molecule has 1 amide bonds. The van der Waals surface area contributed by atoms with Gasteiger partial charge in [-0.2, -0.15) is 9.61 Å². The average molecular weight is 377 g/mol. The van der Waals surface area contributed by atoms with Crippen LogP contribution in [0.4, 0.5) is 5.69 Å². The summed E-state index contributed by atoms with van der Waals surface area (Å²) in [5.74, 6) is -0.155. The Kier molecular flexibility index (Phi) is 2.92. The van der Waals surface area contributed by atoms with Crippen molar-refractivity contribution in [3.63, 3.8) is 0 Å². The summed E-state index contributed by atoms with van der Waals surface area (Å²) in [6, 6.07) is 5.64. The van der Waals surface area contributed by atoms with E-state index in [0.29, 0.717) is 21.6 Å². The number of benzene rings is 1. The fourth-order valence-corrected chi connectivity index (χ4v) is 4.00. The number of thiazole rings is 1. The SMILES string of the molecule is CCN1C(=O)C(=c2sc3ncnn3c2=O)c2cc(Br)ccc21. The molecule has 0 atom stereocenters. The fraction of sp³-hybridized carbons (Fsp3) is 0.143. The molecule has 8 heteroatoms. The Bertz CT molecular complexity index is 1040. The monoisotopic (exact) mass is 376 g/mol. The zero-order valence-electron chi connectivity index (χ0n) is 11.4. The summed E-state index contributed by atoms with van der Waals surface area (Å²) in [7, 11) is 0. The Labute approximate surface area is 136 Å². The van der Waals surface area contributed by atoms with E-state index in [1.807, 2.05) is 25.1 Å². The van der Waals surface area contributed by atoms with Gasteiger partial charge in [-0.25, -0.2) is 4.98 Å². The van der Waals surface area contributed by atoms with Crippen LogP contribution in [-0.2, 0) is 4.79 Å². The number of halogens is 1. The number of anilines is 1. The minimum Gasteiger partial charge on any atom is -0.308 e. The molecule has 0 N–H and O–H groups in total. The van der Waals surface area contributed by atoms with Crippen molar-refractivity contribution in [3.05, 3.63) is 49.4 Å². The summed E-state index contributed by atoms with van der Waals surface area (Å²) in [5.41, 5.74) is 1.72. The topological polar surface area (TPSA) is 67.6 Å². The van der Waals surface area contributed by atoms with E-state index < -0.39 is 0 Å². The molecule has 0 fully saturated rings. The molecule has 0 spiro atoms. The molecular weight excluding hydrogens is 368 g/mol. The highest BCUT2D eigenvalue weighted by atomic mass is 79.9. The maximum atomic E-state index is 12.7. The highest BCUT2D eigenvalue weighted by Gasteiger charge is 2.33. The molecule has 110 valence electrons. The summed E-state index contributed by atoms with van der Waals surface area (Å²) in [6.45, 7) is 2.46. The van der Waals surface area contributed by atoms with Gasteiger partial charge in [0.05, 0.1) is 11.3 Å². The molecule has 1 aliphatic heterocycles. The van der Waals surface area contributed by atoms with Crippen LogP contribution in [-0.4, -0.2) is 27.0 Å². The highest BCUT2D eigenvalue weighted by molar-refractivity contribution is 9.10. The van der Waals surface area contributed by atoms with E-state index in [0.717, 1.165) is 15.7 Å². The number of likely N-dealkylation sites (N-methyl/N-ethyl adjacent to an activating group) is 1. The van der Waals surface area contributed by atoms with Crippen LogP contribution in [0.3, 0.4) is 0 Å². The molecule has 0 aliphatic carbocycles. The van der Waals surface area contributed by atoms with Gasteiger partial charge in [0.25, 0.3) is 11.5 Å². The molecule has 3 aromatic rings. The first kappa shape index (κ1) is 13.6. The van der Waals surface area contributed by atoms with Crippen LogP contribution in [0.5, 0.6) is 0 Å². The molecule has 0 radical (unpaired) electrons. The van der Waals surface area contributed by atoms with E-state index in [2.05, 4.69) is 26.0 Å². The molecule has 0 saturated carbocycles. The number of amides is 1. The lowest BCUT2D eigenvalue weighted by atomic mass is 10.1. The van der Waals surface area contributed by atoms with Crippen molar-refractivity contribution < 1.29 is 4.79 Å². The summed E-state index contributed by atoms with van der Waals surface area (Å²) in [4.78, 5) is 31.4. The molecule has 4 rings (SSSR count). The Morgan fingerprint density at radius 2 is 2.14 bits per heavy atom. The van der Waals surface area contributed by atoms with Crippen LogP contribution in [0.2, 0.25) is 0 Å². The zero-order valence-corrected chi connectivity index (χ0v) is 13.8. The van der Waals surface area contributed by atoms with Gasteiger partial charge in [-0.1, -0.05) is 27.3 Å². The number of aromatic nitrogens is 3. The second kappa shape index (κ2) is 4.72. The highest BCUT2D eigenvalue weighted by Crippen LogP contribution is 2.36. The zero-order chi connectivity index (χ0) is 15.4.